The number of aryl methyl sites for hydroxylation is 1. The highest BCUT2D eigenvalue weighted by Crippen LogP contribution is 2.28. The molecule has 0 heterocycles. The van der Waals surface area contributed by atoms with Crippen LogP contribution in [0.3, 0.4) is 0 Å². The van der Waals surface area contributed by atoms with E-state index in [1.807, 2.05) is 66.7 Å². The molecule has 0 spiro atoms. The maximum atomic E-state index is 12.4. The van der Waals surface area contributed by atoms with Crippen molar-refractivity contribution in [3.63, 3.8) is 0 Å². The molecule has 5 heteroatoms. The number of hydrogen-bond donors (Lipinski definition) is 1. The number of nitrogens with one attached hydrogen (secondary N) is 1. The molecule has 0 atom stereocenters. The highest BCUT2D eigenvalue weighted by molar-refractivity contribution is 5.99. The minimum atomic E-state index is -0.267. The molecule has 1 N–H and O–H groups in total. The van der Waals surface area contributed by atoms with E-state index >= 15 is 0 Å². The third-order valence-corrected chi connectivity index (χ3v) is 5.09. The highest BCUT2D eigenvalue weighted by atomic mass is 16.5. The van der Waals surface area contributed by atoms with E-state index in [0.717, 1.165) is 21.9 Å². The van der Waals surface area contributed by atoms with Crippen LogP contribution in [-0.4, -0.2) is 19.2 Å². The van der Waals surface area contributed by atoms with Crippen molar-refractivity contribution >= 4 is 22.9 Å². The predicted molar refractivity (Wildman–Crippen MR) is 128 cm³/mol. The average Bonchev–Trinajstić information content (AvgIpc) is 2.83. The zero-order chi connectivity index (χ0) is 22.3. The summed E-state index contributed by atoms with van der Waals surface area (Å²) in [5.74, 6) is 0.976. The first-order valence-corrected chi connectivity index (χ1v) is 10.3. The second kappa shape index (κ2) is 9.79. The first-order valence-electron chi connectivity index (χ1n) is 10.3. The van der Waals surface area contributed by atoms with E-state index in [2.05, 4.69) is 29.6 Å². The zero-order valence-electron chi connectivity index (χ0n) is 18.0. The number of carbonyl (C=O) groups is 1. The molecular formula is C27H24N2O3. The second-order valence-electron chi connectivity index (χ2n) is 7.45. The summed E-state index contributed by atoms with van der Waals surface area (Å²) >= 11 is 0. The number of methoxy groups -OCH3 is 1. The first kappa shape index (κ1) is 21.1. The van der Waals surface area contributed by atoms with Gasteiger partial charge in [-0.3, -0.25) is 4.79 Å². The van der Waals surface area contributed by atoms with Crippen LogP contribution < -0.4 is 14.9 Å². The van der Waals surface area contributed by atoms with Crippen molar-refractivity contribution in [2.75, 3.05) is 7.11 Å². The molecule has 4 aromatic rings. The standard InChI is InChI=1S/C27H24N2O3/c1-19-7-9-20(10-8-19)18-32-25-14-11-21(15-26(25)31-2)17-28-29-27(30)24-13-12-22-5-3-4-6-23(22)16-24/h3-17H,18H2,1-2H3,(H,29,30)/b28-17-. The first-order chi connectivity index (χ1) is 15.6. The number of hydrogen-bond acceptors (Lipinski definition) is 4. The van der Waals surface area contributed by atoms with Crippen LogP contribution in [0.5, 0.6) is 11.5 Å². The molecule has 0 radical (unpaired) electrons. The molecule has 4 rings (SSSR count). The number of nitrogens with zero attached hydrogens (tertiary/aromatic N) is 1. The van der Waals surface area contributed by atoms with Gasteiger partial charge in [0.05, 0.1) is 13.3 Å². The highest BCUT2D eigenvalue weighted by Gasteiger charge is 2.07. The van der Waals surface area contributed by atoms with Crippen molar-refractivity contribution in [2.45, 2.75) is 13.5 Å². The number of hydrazone groups is 1. The maximum Gasteiger partial charge on any atom is 0.271 e. The van der Waals surface area contributed by atoms with Crippen molar-refractivity contribution in [3.05, 3.63) is 107 Å². The van der Waals surface area contributed by atoms with E-state index in [9.17, 15) is 4.79 Å². The van der Waals surface area contributed by atoms with Crippen molar-refractivity contribution in [1.82, 2.24) is 5.43 Å². The number of fused-ring (bicyclic) bond motifs is 1. The van der Waals surface area contributed by atoms with Gasteiger partial charge < -0.3 is 9.47 Å². The molecule has 1 amide bonds. The van der Waals surface area contributed by atoms with Crippen molar-refractivity contribution in [3.8, 4) is 11.5 Å². The van der Waals surface area contributed by atoms with Crippen LogP contribution in [0.2, 0.25) is 0 Å². The van der Waals surface area contributed by atoms with Gasteiger partial charge in [0.1, 0.15) is 6.61 Å². The molecule has 4 aromatic carbocycles. The third-order valence-electron chi connectivity index (χ3n) is 5.09. The van der Waals surface area contributed by atoms with Gasteiger partial charge in [-0.25, -0.2) is 5.43 Å². The molecule has 32 heavy (non-hydrogen) atoms. The quantitative estimate of drug-likeness (QED) is 0.315. The number of benzene rings is 4. The molecule has 0 unspecified atom stereocenters. The summed E-state index contributed by atoms with van der Waals surface area (Å²) in [6, 6.07) is 27.2. The molecule has 5 nitrogen and oxygen atoms in total. The molecule has 0 aromatic heterocycles. The Balaban J connectivity index is 1.39. The Morgan fingerprint density at radius 2 is 1.69 bits per heavy atom. The zero-order valence-corrected chi connectivity index (χ0v) is 18.0. The number of amides is 1. The Kier molecular flexibility index (Phi) is 6.46. The normalized spacial score (nSPS) is 10.9. The van der Waals surface area contributed by atoms with Crippen molar-refractivity contribution in [1.29, 1.82) is 0 Å². The summed E-state index contributed by atoms with van der Waals surface area (Å²) in [6.45, 7) is 2.50. The fourth-order valence-corrected chi connectivity index (χ4v) is 3.29. The largest absolute Gasteiger partial charge is 0.493 e. The van der Waals surface area contributed by atoms with Crippen LogP contribution in [0, 0.1) is 6.92 Å². The van der Waals surface area contributed by atoms with E-state index in [1.165, 1.54) is 5.56 Å². The fourth-order valence-electron chi connectivity index (χ4n) is 3.29. The van der Waals surface area contributed by atoms with Gasteiger partial charge in [0.2, 0.25) is 0 Å². The van der Waals surface area contributed by atoms with Gasteiger partial charge >= 0.3 is 0 Å². The van der Waals surface area contributed by atoms with Gasteiger partial charge in [0, 0.05) is 5.56 Å². The summed E-state index contributed by atoms with van der Waals surface area (Å²) in [5, 5.41) is 6.18. The van der Waals surface area contributed by atoms with Crippen LogP contribution in [0.15, 0.2) is 90.0 Å². The summed E-state index contributed by atoms with van der Waals surface area (Å²) in [5.41, 5.74) is 6.20. The summed E-state index contributed by atoms with van der Waals surface area (Å²) in [7, 11) is 1.59. The molecule has 0 bridgehead atoms. The Hall–Kier alpha value is -4.12. The average molecular weight is 425 g/mol. The third kappa shape index (κ3) is 5.13. The van der Waals surface area contributed by atoms with Crippen molar-refractivity contribution in [2.24, 2.45) is 5.10 Å². The Bertz CT molecular complexity index is 1260. The van der Waals surface area contributed by atoms with Gasteiger partial charge in [-0.2, -0.15) is 5.10 Å². The maximum absolute atomic E-state index is 12.4. The van der Waals surface area contributed by atoms with Gasteiger partial charge in [-0.05, 0) is 59.2 Å². The van der Waals surface area contributed by atoms with E-state index in [1.54, 1.807) is 19.4 Å². The van der Waals surface area contributed by atoms with E-state index < -0.39 is 0 Å². The molecule has 0 aliphatic rings. The lowest BCUT2D eigenvalue weighted by atomic mass is 10.1. The summed E-state index contributed by atoms with van der Waals surface area (Å²) in [4.78, 5) is 12.4. The van der Waals surface area contributed by atoms with Gasteiger partial charge in [-0.15, -0.1) is 0 Å². The minimum Gasteiger partial charge on any atom is -0.493 e. The molecule has 0 saturated carbocycles. The van der Waals surface area contributed by atoms with E-state index in [0.29, 0.717) is 23.7 Å². The smallest absolute Gasteiger partial charge is 0.271 e. The van der Waals surface area contributed by atoms with Crippen LogP contribution in [0.4, 0.5) is 0 Å². The summed E-state index contributed by atoms with van der Waals surface area (Å²) < 4.78 is 11.4. The fraction of sp³-hybridized carbons (Fsp3) is 0.111. The lowest BCUT2D eigenvalue weighted by Gasteiger charge is -2.11. The van der Waals surface area contributed by atoms with E-state index in [4.69, 9.17) is 9.47 Å². The van der Waals surface area contributed by atoms with Gasteiger partial charge in [-0.1, -0.05) is 60.2 Å². The molecule has 0 aliphatic carbocycles. The molecule has 0 fully saturated rings. The van der Waals surface area contributed by atoms with Gasteiger partial charge in [0.25, 0.3) is 5.91 Å². The molecule has 160 valence electrons. The predicted octanol–water partition coefficient (Wildman–Crippen LogP) is 5.50. The van der Waals surface area contributed by atoms with Crippen LogP contribution in [0.1, 0.15) is 27.0 Å². The Labute approximate surface area is 187 Å². The topological polar surface area (TPSA) is 59.9 Å². The molecular weight excluding hydrogens is 400 g/mol. The minimum absolute atomic E-state index is 0.267. The Morgan fingerprint density at radius 3 is 2.47 bits per heavy atom. The summed E-state index contributed by atoms with van der Waals surface area (Å²) in [6.07, 6.45) is 1.57. The number of ether oxygens (including phenoxy) is 2. The Morgan fingerprint density at radius 1 is 0.906 bits per heavy atom. The molecule has 0 saturated heterocycles. The molecule has 0 aliphatic heterocycles. The van der Waals surface area contributed by atoms with Crippen LogP contribution >= 0.6 is 0 Å². The number of carbonyl (C=O) groups excluding carboxylic acids is 1. The second-order valence-corrected chi connectivity index (χ2v) is 7.45. The SMILES string of the molecule is COc1cc(/C=N\NC(=O)c2ccc3ccccc3c2)ccc1OCc1ccc(C)cc1. The lowest BCUT2D eigenvalue weighted by molar-refractivity contribution is 0.0955. The van der Waals surface area contributed by atoms with E-state index in [-0.39, 0.29) is 5.91 Å². The monoisotopic (exact) mass is 424 g/mol. The lowest BCUT2D eigenvalue weighted by Crippen LogP contribution is -2.17. The van der Waals surface area contributed by atoms with Crippen molar-refractivity contribution < 1.29 is 14.3 Å². The van der Waals surface area contributed by atoms with Gasteiger partial charge in [0.15, 0.2) is 11.5 Å². The number of rotatable bonds is 7. The van der Waals surface area contributed by atoms with Crippen LogP contribution in [-0.2, 0) is 6.61 Å². The van der Waals surface area contributed by atoms with Crippen LogP contribution in [0.25, 0.3) is 10.8 Å².